The van der Waals surface area contributed by atoms with Crippen molar-refractivity contribution in [1.82, 2.24) is 9.97 Å². The van der Waals surface area contributed by atoms with Gasteiger partial charge in [-0.05, 0) is 24.5 Å². The third-order valence-corrected chi connectivity index (χ3v) is 3.45. The number of nitrogens with one attached hydrogen (secondary N) is 1. The molecule has 2 aromatic rings. The molecule has 0 amide bonds. The Balaban J connectivity index is 2.03. The van der Waals surface area contributed by atoms with E-state index >= 15 is 0 Å². The topological polar surface area (TPSA) is 82.3 Å². The maximum absolute atomic E-state index is 5.65. The molecule has 1 aromatic carbocycles. The van der Waals surface area contributed by atoms with Crippen molar-refractivity contribution < 1.29 is 9.47 Å². The van der Waals surface area contributed by atoms with E-state index in [0.717, 1.165) is 47.8 Å². The van der Waals surface area contributed by atoms with E-state index in [9.17, 15) is 0 Å². The van der Waals surface area contributed by atoms with Crippen molar-refractivity contribution in [2.75, 3.05) is 31.8 Å². The largest absolute Gasteiger partial charge is 0.497 e. The first-order valence-electron chi connectivity index (χ1n) is 7.24. The molecule has 0 atom stereocenters. The highest BCUT2D eigenvalue weighted by atomic mass is 16.5. The molecule has 118 valence electrons. The van der Waals surface area contributed by atoms with Crippen LogP contribution in [0.1, 0.15) is 18.1 Å². The Hall–Kier alpha value is -2.50. The molecule has 0 saturated heterocycles. The van der Waals surface area contributed by atoms with Gasteiger partial charge in [0.1, 0.15) is 17.3 Å². The summed E-state index contributed by atoms with van der Waals surface area (Å²) in [6.07, 6.45) is 3.42. The van der Waals surface area contributed by atoms with Crippen LogP contribution in [-0.2, 0) is 12.8 Å². The summed E-state index contributed by atoms with van der Waals surface area (Å²) < 4.78 is 10.6. The highest BCUT2D eigenvalue weighted by Gasteiger charge is 2.07. The molecule has 0 saturated carbocycles. The van der Waals surface area contributed by atoms with Crippen molar-refractivity contribution in [1.29, 1.82) is 0 Å². The zero-order chi connectivity index (χ0) is 15.9. The summed E-state index contributed by atoms with van der Waals surface area (Å²) in [6.45, 7) is 2.79. The standard InChI is InChI=1S/C16H22N4O2/c1-4-11-10-19-16(17)20-15(11)18-8-7-12-5-6-13(21-2)9-14(12)22-3/h5-6,9-10H,4,7-8H2,1-3H3,(H3,17,18,19,20). The maximum atomic E-state index is 5.65. The number of aryl methyl sites for hydroxylation is 1. The monoisotopic (exact) mass is 302 g/mol. The van der Waals surface area contributed by atoms with Crippen LogP contribution in [0, 0.1) is 0 Å². The summed E-state index contributed by atoms with van der Waals surface area (Å²) in [5.74, 6) is 2.67. The van der Waals surface area contributed by atoms with Crippen LogP contribution in [0.4, 0.5) is 11.8 Å². The Kier molecular flexibility index (Phi) is 5.41. The highest BCUT2D eigenvalue weighted by Crippen LogP contribution is 2.25. The molecule has 1 heterocycles. The van der Waals surface area contributed by atoms with Crippen LogP contribution in [0.3, 0.4) is 0 Å². The molecule has 0 bridgehead atoms. The van der Waals surface area contributed by atoms with Crippen molar-refractivity contribution in [3.05, 3.63) is 35.5 Å². The Morgan fingerprint density at radius 3 is 2.68 bits per heavy atom. The molecule has 1 aromatic heterocycles. The van der Waals surface area contributed by atoms with Crippen LogP contribution in [-0.4, -0.2) is 30.7 Å². The first-order chi connectivity index (χ1) is 10.7. The van der Waals surface area contributed by atoms with Gasteiger partial charge < -0.3 is 20.5 Å². The fourth-order valence-electron chi connectivity index (χ4n) is 2.21. The lowest BCUT2D eigenvalue weighted by molar-refractivity contribution is 0.391. The molecule has 6 heteroatoms. The van der Waals surface area contributed by atoms with Crippen LogP contribution in [0.5, 0.6) is 11.5 Å². The van der Waals surface area contributed by atoms with Gasteiger partial charge in [0.2, 0.25) is 5.95 Å². The molecular weight excluding hydrogens is 280 g/mol. The van der Waals surface area contributed by atoms with Gasteiger partial charge in [0, 0.05) is 24.4 Å². The summed E-state index contributed by atoms with van der Waals surface area (Å²) in [5, 5.41) is 3.32. The zero-order valence-corrected chi connectivity index (χ0v) is 13.2. The lowest BCUT2D eigenvalue weighted by atomic mass is 10.1. The summed E-state index contributed by atoms with van der Waals surface area (Å²) in [4.78, 5) is 8.27. The van der Waals surface area contributed by atoms with Crippen molar-refractivity contribution in [2.24, 2.45) is 0 Å². The minimum Gasteiger partial charge on any atom is -0.497 e. The Bertz CT molecular complexity index is 632. The normalized spacial score (nSPS) is 10.3. The average Bonchev–Trinajstić information content (AvgIpc) is 2.55. The fraction of sp³-hybridized carbons (Fsp3) is 0.375. The SMILES string of the molecule is CCc1cnc(N)nc1NCCc1ccc(OC)cc1OC. The van der Waals surface area contributed by atoms with Gasteiger partial charge in [-0.1, -0.05) is 13.0 Å². The number of aromatic nitrogens is 2. The smallest absolute Gasteiger partial charge is 0.221 e. The molecular formula is C16H22N4O2. The third kappa shape index (κ3) is 3.78. The second-order valence-electron chi connectivity index (χ2n) is 4.81. The molecule has 22 heavy (non-hydrogen) atoms. The van der Waals surface area contributed by atoms with E-state index in [2.05, 4.69) is 22.2 Å². The van der Waals surface area contributed by atoms with Crippen LogP contribution in [0.2, 0.25) is 0 Å². The van der Waals surface area contributed by atoms with Crippen molar-refractivity contribution in [3.63, 3.8) is 0 Å². The Morgan fingerprint density at radius 2 is 2.00 bits per heavy atom. The average molecular weight is 302 g/mol. The van der Waals surface area contributed by atoms with Gasteiger partial charge in [-0.3, -0.25) is 0 Å². The lowest BCUT2D eigenvalue weighted by Gasteiger charge is -2.12. The second-order valence-corrected chi connectivity index (χ2v) is 4.81. The third-order valence-electron chi connectivity index (χ3n) is 3.45. The van der Waals surface area contributed by atoms with Gasteiger partial charge in [-0.2, -0.15) is 4.98 Å². The van der Waals surface area contributed by atoms with Gasteiger partial charge in [-0.15, -0.1) is 0 Å². The Morgan fingerprint density at radius 1 is 1.18 bits per heavy atom. The fourth-order valence-corrected chi connectivity index (χ4v) is 2.21. The molecule has 0 radical (unpaired) electrons. The summed E-state index contributed by atoms with van der Waals surface area (Å²) in [6, 6.07) is 5.82. The van der Waals surface area contributed by atoms with E-state index in [1.165, 1.54) is 0 Å². The van der Waals surface area contributed by atoms with Crippen molar-refractivity contribution in [3.8, 4) is 11.5 Å². The van der Waals surface area contributed by atoms with Gasteiger partial charge >= 0.3 is 0 Å². The molecule has 6 nitrogen and oxygen atoms in total. The molecule has 2 rings (SSSR count). The molecule has 0 aliphatic heterocycles. The van der Waals surface area contributed by atoms with Gasteiger partial charge in [0.05, 0.1) is 14.2 Å². The minimum atomic E-state index is 0.279. The second kappa shape index (κ2) is 7.49. The maximum Gasteiger partial charge on any atom is 0.221 e. The van der Waals surface area contributed by atoms with E-state index in [-0.39, 0.29) is 5.95 Å². The summed E-state index contributed by atoms with van der Waals surface area (Å²) in [7, 11) is 3.30. The molecule has 0 aliphatic rings. The minimum absolute atomic E-state index is 0.279. The van der Waals surface area contributed by atoms with Crippen molar-refractivity contribution in [2.45, 2.75) is 19.8 Å². The van der Waals surface area contributed by atoms with E-state index in [4.69, 9.17) is 15.2 Å². The van der Waals surface area contributed by atoms with E-state index in [0.29, 0.717) is 0 Å². The number of nitrogen functional groups attached to an aromatic ring is 1. The molecule has 0 aliphatic carbocycles. The first-order valence-corrected chi connectivity index (χ1v) is 7.24. The number of anilines is 2. The lowest BCUT2D eigenvalue weighted by Crippen LogP contribution is -2.11. The Labute approximate surface area is 130 Å². The zero-order valence-electron chi connectivity index (χ0n) is 13.2. The predicted octanol–water partition coefficient (Wildman–Crippen LogP) is 2.29. The summed E-state index contributed by atoms with van der Waals surface area (Å²) >= 11 is 0. The number of nitrogens with two attached hydrogens (primary N) is 1. The van der Waals surface area contributed by atoms with Gasteiger partial charge in [0.25, 0.3) is 0 Å². The van der Waals surface area contributed by atoms with E-state index in [1.54, 1.807) is 20.4 Å². The molecule has 0 fully saturated rings. The van der Waals surface area contributed by atoms with E-state index < -0.39 is 0 Å². The number of hydrogen-bond acceptors (Lipinski definition) is 6. The van der Waals surface area contributed by atoms with Crippen molar-refractivity contribution >= 4 is 11.8 Å². The highest BCUT2D eigenvalue weighted by molar-refractivity contribution is 5.47. The summed E-state index contributed by atoms with van der Waals surface area (Å²) in [5.41, 5.74) is 7.81. The number of benzene rings is 1. The first kappa shape index (κ1) is 15.9. The molecule has 3 N–H and O–H groups in total. The van der Waals surface area contributed by atoms with Gasteiger partial charge in [0.15, 0.2) is 0 Å². The number of methoxy groups -OCH3 is 2. The predicted molar refractivity (Wildman–Crippen MR) is 87.6 cm³/mol. The number of nitrogens with zero attached hydrogens (tertiary/aromatic N) is 2. The number of ether oxygens (including phenoxy) is 2. The quantitative estimate of drug-likeness (QED) is 0.816. The molecule has 0 spiro atoms. The van der Waals surface area contributed by atoms with Crippen LogP contribution in [0.25, 0.3) is 0 Å². The van der Waals surface area contributed by atoms with Gasteiger partial charge in [-0.25, -0.2) is 4.98 Å². The van der Waals surface area contributed by atoms with Crippen LogP contribution >= 0.6 is 0 Å². The van der Waals surface area contributed by atoms with Crippen LogP contribution in [0.15, 0.2) is 24.4 Å². The van der Waals surface area contributed by atoms with Crippen LogP contribution < -0.4 is 20.5 Å². The number of rotatable bonds is 7. The van der Waals surface area contributed by atoms with E-state index in [1.807, 2.05) is 18.2 Å². The molecule has 0 unspecified atom stereocenters. The number of hydrogen-bond donors (Lipinski definition) is 2.